The van der Waals surface area contributed by atoms with Gasteiger partial charge < -0.3 is 15.5 Å². The fourth-order valence-electron chi connectivity index (χ4n) is 2.18. The summed E-state index contributed by atoms with van der Waals surface area (Å²) >= 11 is 0. The Bertz CT molecular complexity index is 662. The van der Waals surface area contributed by atoms with Crippen molar-refractivity contribution in [2.24, 2.45) is 0 Å². The maximum absolute atomic E-state index is 13.7. The van der Waals surface area contributed by atoms with E-state index in [0.29, 0.717) is 16.7 Å². The van der Waals surface area contributed by atoms with E-state index >= 15 is 0 Å². The highest BCUT2D eigenvalue weighted by Crippen LogP contribution is 2.28. The number of anilines is 1. The molecule has 0 amide bonds. The van der Waals surface area contributed by atoms with E-state index in [0.717, 1.165) is 0 Å². The van der Waals surface area contributed by atoms with Crippen LogP contribution in [0.15, 0.2) is 36.4 Å². The molecule has 0 aromatic heterocycles. The highest BCUT2D eigenvalue weighted by atomic mass is 19.1. The molecular formula is C16H16FNO3. The molecule has 21 heavy (non-hydrogen) atoms. The van der Waals surface area contributed by atoms with Crippen LogP contribution in [0.1, 0.15) is 22.7 Å². The van der Waals surface area contributed by atoms with Crippen molar-refractivity contribution < 1.29 is 19.4 Å². The van der Waals surface area contributed by atoms with E-state index in [1.807, 2.05) is 0 Å². The summed E-state index contributed by atoms with van der Waals surface area (Å²) in [4.78, 5) is 11.5. The average molecular weight is 289 g/mol. The predicted molar refractivity (Wildman–Crippen MR) is 78.0 cm³/mol. The minimum Gasteiger partial charge on any atom is -0.507 e. The summed E-state index contributed by atoms with van der Waals surface area (Å²) in [7, 11) is 0. The smallest absolute Gasteiger partial charge is 0.330 e. The number of hydrogen-bond acceptors (Lipinski definition) is 3. The summed E-state index contributed by atoms with van der Waals surface area (Å²) in [6.07, 6.45) is 0. The van der Waals surface area contributed by atoms with Gasteiger partial charge in [-0.05, 0) is 54.8 Å². The van der Waals surface area contributed by atoms with Crippen LogP contribution in [-0.2, 0) is 4.79 Å². The number of benzene rings is 2. The largest absolute Gasteiger partial charge is 0.507 e. The standard InChI is InChI=1S/C16H16FNO3/c1-9-7-11(8-10(2)15(9)19)14(16(20)21)18-13-6-4-3-5-12(13)17/h3-8,14,18-19H,1-2H3,(H,20,21). The van der Waals surface area contributed by atoms with Gasteiger partial charge in [0.2, 0.25) is 0 Å². The highest BCUT2D eigenvalue weighted by molar-refractivity contribution is 5.79. The predicted octanol–water partition coefficient (Wildman–Crippen LogP) is 3.39. The number of hydrogen-bond donors (Lipinski definition) is 3. The van der Waals surface area contributed by atoms with E-state index in [2.05, 4.69) is 5.32 Å². The molecule has 2 aromatic rings. The Morgan fingerprint density at radius 3 is 2.29 bits per heavy atom. The molecule has 2 rings (SSSR count). The van der Waals surface area contributed by atoms with Crippen molar-refractivity contribution in [1.29, 1.82) is 0 Å². The van der Waals surface area contributed by atoms with Crippen molar-refractivity contribution in [3.63, 3.8) is 0 Å². The number of nitrogens with one attached hydrogen (secondary N) is 1. The summed E-state index contributed by atoms with van der Waals surface area (Å²) in [5.41, 5.74) is 1.73. The maximum Gasteiger partial charge on any atom is 0.330 e. The average Bonchev–Trinajstić information content (AvgIpc) is 2.43. The molecule has 0 saturated heterocycles. The van der Waals surface area contributed by atoms with E-state index in [-0.39, 0.29) is 11.4 Å². The molecule has 0 aliphatic heterocycles. The molecule has 1 unspecified atom stereocenters. The topological polar surface area (TPSA) is 69.6 Å². The first kappa shape index (κ1) is 14.8. The monoisotopic (exact) mass is 289 g/mol. The van der Waals surface area contributed by atoms with Crippen molar-refractivity contribution in [2.75, 3.05) is 5.32 Å². The number of carboxylic acid groups (broad SMARTS) is 1. The molecule has 3 N–H and O–H groups in total. The molecule has 5 heteroatoms. The second-order valence-corrected chi connectivity index (χ2v) is 4.90. The van der Waals surface area contributed by atoms with Crippen LogP contribution in [0.4, 0.5) is 10.1 Å². The Kier molecular flexibility index (Phi) is 4.12. The van der Waals surface area contributed by atoms with E-state index in [1.54, 1.807) is 32.0 Å². The second-order valence-electron chi connectivity index (χ2n) is 4.90. The van der Waals surface area contributed by atoms with Gasteiger partial charge >= 0.3 is 5.97 Å². The van der Waals surface area contributed by atoms with Crippen LogP contribution in [0.5, 0.6) is 5.75 Å². The number of aliphatic carboxylic acids is 1. The Labute approximate surface area is 121 Å². The zero-order valence-corrected chi connectivity index (χ0v) is 11.7. The molecule has 4 nitrogen and oxygen atoms in total. The normalized spacial score (nSPS) is 12.0. The number of aryl methyl sites for hydroxylation is 2. The number of phenols is 1. The third kappa shape index (κ3) is 3.13. The van der Waals surface area contributed by atoms with Crippen molar-refractivity contribution in [1.82, 2.24) is 0 Å². The third-order valence-electron chi connectivity index (χ3n) is 3.27. The number of carbonyl (C=O) groups is 1. The van der Waals surface area contributed by atoms with Gasteiger partial charge in [0, 0.05) is 0 Å². The highest BCUT2D eigenvalue weighted by Gasteiger charge is 2.22. The summed E-state index contributed by atoms with van der Waals surface area (Å²) in [6.45, 7) is 3.38. The molecule has 110 valence electrons. The first-order valence-electron chi connectivity index (χ1n) is 6.44. The van der Waals surface area contributed by atoms with Gasteiger partial charge in [-0.1, -0.05) is 12.1 Å². The van der Waals surface area contributed by atoms with Crippen LogP contribution in [0, 0.1) is 19.7 Å². The van der Waals surface area contributed by atoms with Crippen LogP contribution in [0.3, 0.4) is 0 Å². The molecule has 0 aliphatic carbocycles. The summed E-state index contributed by atoms with van der Waals surface area (Å²) in [6, 6.07) is 7.95. The fraction of sp³-hybridized carbons (Fsp3) is 0.188. The first-order valence-corrected chi connectivity index (χ1v) is 6.44. The lowest BCUT2D eigenvalue weighted by molar-refractivity contribution is -0.138. The molecule has 1 atom stereocenters. The van der Waals surface area contributed by atoms with Crippen molar-refractivity contribution in [2.45, 2.75) is 19.9 Å². The van der Waals surface area contributed by atoms with E-state index in [9.17, 15) is 19.4 Å². The molecular weight excluding hydrogens is 273 g/mol. The summed E-state index contributed by atoms with van der Waals surface area (Å²) in [5, 5.41) is 21.8. The summed E-state index contributed by atoms with van der Waals surface area (Å²) in [5.74, 6) is -1.51. The zero-order valence-electron chi connectivity index (χ0n) is 11.7. The van der Waals surface area contributed by atoms with Gasteiger partial charge in [-0.15, -0.1) is 0 Å². The lowest BCUT2D eigenvalue weighted by Crippen LogP contribution is -2.21. The Morgan fingerprint density at radius 1 is 1.19 bits per heavy atom. The Hall–Kier alpha value is -2.56. The molecule has 0 bridgehead atoms. The molecule has 0 radical (unpaired) electrons. The quantitative estimate of drug-likeness (QED) is 0.807. The van der Waals surface area contributed by atoms with Crippen molar-refractivity contribution >= 4 is 11.7 Å². The Balaban J connectivity index is 2.41. The maximum atomic E-state index is 13.7. The van der Waals surface area contributed by atoms with E-state index in [1.165, 1.54) is 18.2 Å². The molecule has 0 aliphatic rings. The minimum atomic E-state index is -1.12. The molecule has 2 aromatic carbocycles. The lowest BCUT2D eigenvalue weighted by Gasteiger charge is -2.18. The number of para-hydroxylation sites is 1. The van der Waals surface area contributed by atoms with Crippen LogP contribution < -0.4 is 5.32 Å². The molecule has 0 saturated carbocycles. The van der Waals surface area contributed by atoms with Crippen LogP contribution in [0.25, 0.3) is 0 Å². The number of rotatable bonds is 4. The molecule has 0 heterocycles. The fourth-order valence-corrected chi connectivity index (χ4v) is 2.18. The Morgan fingerprint density at radius 2 is 1.76 bits per heavy atom. The van der Waals surface area contributed by atoms with Gasteiger partial charge in [0.25, 0.3) is 0 Å². The number of halogens is 1. The van der Waals surface area contributed by atoms with Gasteiger partial charge in [0.1, 0.15) is 11.6 Å². The third-order valence-corrected chi connectivity index (χ3v) is 3.27. The second kappa shape index (κ2) is 5.83. The van der Waals surface area contributed by atoms with E-state index in [4.69, 9.17) is 0 Å². The van der Waals surface area contributed by atoms with Crippen LogP contribution >= 0.6 is 0 Å². The SMILES string of the molecule is Cc1cc(C(Nc2ccccc2F)C(=O)O)cc(C)c1O. The van der Waals surface area contributed by atoms with Crippen molar-refractivity contribution in [3.05, 3.63) is 58.9 Å². The van der Waals surface area contributed by atoms with Gasteiger partial charge in [0.15, 0.2) is 6.04 Å². The van der Waals surface area contributed by atoms with Crippen molar-refractivity contribution in [3.8, 4) is 5.75 Å². The minimum absolute atomic E-state index is 0.119. The van der Waals surface area contributed by atoms with E-state index < -0.39 is 17.8 Å². The van der Waals surface area contributed by atoms with Crippen LogP contribution in [-0.4, -0.2) is 16.2 Å². The van der Waals surface area contributed by atoms with Gasteiger partial charge in [-0.2, -0.15) is 0 Å². The summed E-state index contributed by atoms with van der Waals surface area (Å²) < 4.78 is 13.7. The number of phenolic OH excluding ortho intramolecular Hbond substituents is 1. The van der Waals surface area contributed by atoms with Gasteiger partial charge in [-0.3, -0.25) is 0 Å². The first-order chi connectivity index (χ1) is 9.90. The molecule has 0 fully saturated rings. The lowest BCUT2D eigenvalue weighted by atomic mass is 10.00. The number of carboxylic acids is 1. The number of aromatic hydroxyl groups is 1. The zero-order chi connectivity index (χ0) is 15.6. The van der Waals surface area contributed by atoms with Crippen LogP contribution in [0.2, 0.25) is 0 Å². The van der Waals surface area contributed by atoms with Gasteiger partial charge in [0.05, 0.1) is 5.69 Å². The van der Waals surface area contributed by atoms with Gasteiger partial charge in [-0.25, -0.2) is 9.18 Å². The molecule has 0 spiro atoms.